The van der Waals surface area contributed by atoms with Gasteiger partial charge in [-0.3, -0.25) is 9.69 Å². The number of methoxy groups -OCH3 is 2. The van der Waals surface area contributed by atoms with Crippen LogP contribution in [0.4, 0.5) is 0 Å². The van der Waals surface area contributed by atoms with Crippen LogP contribution in [-0.2, 0) is 10.0 Å². The van der Waals surface area contributed by atoms with Gasteiger partial charge in [0, 0.05) is 30.8 Å². The summed E-state index contributed by atoms with van der Waals surface area (Å²) in [6.07, 6.45) is 4.52. The van der Waals surface area contributed by atoms with Gasteiger partial charge in [0.1, 0.15) is 11.5 Å². The van der Waals surface area contributed by atoms with Gasteiger partial charge in [-0.1, -0.05) is 32.4 Å². The smallest absolute Gasteiger partial charge is 0.243 e. The van der Waals surface area contributed by atoms with Crippen molar-refractivity contribution in [2.45, 2.75) is 50.5 Å². The molecule has 0 radical (unpaired) electrons. The Bertz CT molecular complexity index is 1220. The molecule has 0 saturated carbocycles. The largest absolute Gasteiger partial charge is 0.497 e. The van der Waals surface area contributed by atoms with Crippen molar-refractivity contribution >= 4 is 15.8 Å². The van der Waals surface area contributed by atoms with Gasteiger partial charge in [0.2, 0.25) is 10.0 Å². The Kier molecular flexibility index (Phi) is 10.0. The third-order valence-corrected chi connectivity index (χ3v) is 9.71. The molecule has 2 saturated heterocycles. The van der Waals surface area contributed by atoms with E-state index in [1.165, 1.54) is 12.5 Å². The van der Waals surface area contributed by atoms with Crippen molar-refractivity contribution < 1.29 is 22.7 Å². The molecule has 0 bridgehead atoms. The molecule has 9 heteroatoms. The molecule has 4 rings (SSSR count). The van der Waals surface area contributed by atoms with Gasteiger partial charge in [0.15, 0.2) is 5.78 Å². The Hall–Kier alpha value is -2.46. The number of sulfonamides is 1. The van der Waals surface area contributed by atoms with Crippen LogP contribution in [0.15, 0.2) is 47.4 Å². The van der Waals surface area contributed by atoms with Crippen molar-refractivity contribution in [3.63, 3.8) is 0 Å². The first-order valence-electron chi connectivity index (χ1n) is 14.0. The molecule has 3 unspecified atom stereocenters. The number of ether oxygens (including phenoxy) is 2. The molecular weight excluding hydrogens is 514 g/mol. The van der Waals surface area contributed by atoms with E-state index in [4.69, 9.17) is 9.47 Å². The lowest BCUT2D eigenvalue weighted by atomic mass is 9.94. The number of rotatable bonds is 11. The zero-order chi connectivity index (χ0) is 28.0. The van der Waals surface area contributed by atoms with Crippen molar-refractivity contribution in [2.75, 3.05) is 53.5 Å². The fourth-order valence-corrected chi connectivity index (χ4v) is 7.70. The summed E-state index contributed by atoms with van der Waals surface area (Å²) in [5, 5.41) is 3.35. The summed E-state index contributed by atoms with van der Waals surface area (Å²) in [4.78, 5) is 15.8. The Balaban J connectivity index is 1.47. The van der Waals surface area contributed by atoms with Crippen LogP contribution in [0, 0.1) is 11.8 Å². The Morgan fingerprint density at radius 1 is 1.00 bits per heavy atom. The molecule has 2 heterocycles. The third kappa shape index (κ3) is 7.20. The predicted molar refractivity (Wildman–Crippen MR) is 153 cm³/mol. The maximum Gasteiger partial charge on any atom is 0.243 e. The zero-order valence-electron chi connectivity index (χ0n) is 23.7. The number of nitrogens with one attached hydrogen (secondary N) is 1. The number of ketones is 1. The van der Waals surface area contributed by atoms with Gasteiger partial charge in [-0.2, -0.15) is 4.31 Å². The second-order valence-corrected chi connectivity index (χ2v) is 13.0. The van der Waals surface area contributed by atoms with E-state index in [1.54, 1.807) is 36.7 Å². The molecule has 0 aromatic heterocycles. The van der Waals surface area contributed by atoms with E-state index in [2.05, 4.69) is 24.1 Å². The number of nitrogens with zero attached hydrogens (tertiary/aromatic N) is 2. The number of piperidine rings is 2. The highest BCUT2D eigenvalue weighted by molar-refractivity contribution is 7.89. The minimum absolute atomic E-state index is 0.0120. The third-order valence-electron chi connectivity index (χ3n) is 7.88. The van der Waals surface area contributed by atoms with Crippen molar-refractivity contribution in [1.29, 1.82) is 0 Å². The molecule has 2 fully saturated rings. The fraction of sp³-hybridized carbons (Fsp3) is 0.567. The first-order chi connectivity index (χ1) is 18.7. The highest BCUT2D eigenvalue weighted by Gasteiger charge is 2.32. The highest BCUT2D eigenvalue weighted by atomic mass is 32.2. The van der Waals surface area contributed by atoms with E-state index in [0.717, 1.165) is 49.4 Å². The van der Waals surface area contributed by atoms with Gasteiger partial charge < -0.3 is 14.8 Å². The van der Waals surface area contributed by atoms with Gasteiger partial charge >= 0.3 is 0 Å². The molecule has 3 atom stereocenters. The van der Waals surface area contributed by atoms with Crippen LogP contribution in [0.5, 0.6) is 11.5 Å². The van der Waals surface area contributed by atoms with E-state index >= 15 is 0 Å². The van der Waals surface area contributed by atoms with E-state index in [9.17, 15) is 13.2 Å². The van der Waals surface area contributed by atoms with Gasteiger partial charge in [-0.05, 0) is 74.5 Å². The molecule has 0 amide bonds. The number of carbonyl (C=O) groups excluding carboxylic acids is 1. The second kappa shape index (κ2) is 13.3. The minimum Gasteiger partial charge on any atom is -0.497 e. The lowest BCUT2D eigenvalue weighted by Crippen LogP contribution is -2.42. The van der Waals surface area contributed by atoms with Crippen LogP contribution < -0.4 is 14.8 Å². The number of likely N-dealkylation sites (tertiary alicyclic amines) is 1. The van der Waals surface area contributed by atoms with Crippen LogP contribution in [0.25, 0.3) is 0 Å². The summed E-state index contributed by atoms with van der Waals surface area (Å²) in [5.41, 5.74) is 1.42. The number of hydrogen-bond donors (Lipinski definition) is 1. The second-order valence-electron chi connectivity index (χ2n) is 11.1. The lowest BCUT2D eigenvalue weighted by Gasteiger charge is -2.35. The minimum atomic E-state index is -3.65. The standard InChI is InChI=1S/C30H43N3O5S/c1-22-15-23(2)21-33(20-22)39(35,36)26-10-8-9-24(16-26)29(34)19-31-18-28(32-13-6-5-7-14-32)27-17-25(37-3)11-12-30(27)38-4/h8-12,16-17,22-23,28,31H,5-7,13-15,18-21H2,1-4H3. The molecular formula is C30H43N3O5S. The fourth-order valence-electron chi connectivity index (χ4n) is 5.97. The van der Waals surface area contributed by atoms with E-state index in [0.29, 0.717) is 37.0 Å². The average molecular weight is 558 g/mol. The van der Waals surface area contributed by atoms with Crippen molar-refractivity contribution in [3.8, 4) is 11.5 Å². The summed E-state index contributed by atoms with van der Waals surface area (Å²) >= 11 is 0. The van der Waals surface area contributed by atoms with Crippen LogP contribution >= 0.6 is 0 Å². The van der Waals surface area contributed by atoms with Crippen molar-refractivity contribution in [2.24, 2.45) is 11.8 Å². The molecule has 2 aromatic rings. The maximum absolute atomic E-state index is 13.4. The predicted octanol–water partition coefficient (Wildman–Crippen LogP) is 4.37. The van der Waals surface area contributed by atoms with E-state index in [1.807, 2.05) is 18.2 Å². The molecule has 2 aliphatic heterocycles. The van der Waals surface area contributed by atoms with Gasteiger partial charge in [-0.25, -0.2) is 8.42 Å². The monoisotopic (exact) mass is 557 g/mol. The van der Waals surface area contributed by atoms with Crippen LogP contribution in [-0.4, -0.2) is 76.9 Å². The molecule has 2 aromatic carbocycles. The van der Waals surface area contributed by atoms with E-state index < -0.39 is 10.0 Å². The summed E-state index contributed by atoms with van der Waals surface area (Å²) in [6, 6.07) is 12.3. The lowest BCUT2D eigenvalue weighted by molar-refractivity contribution is 0.0983. The molecule has 39 heavy (non-hydrogen) atoms. The highest BCUT2D eigenvalue weighted by Crippen LogP contribution is 2.34. The normalized spacial score (nSPS) is 21.8. The summed E-state index contributed by atoms with van der Waals surface area (Å²) in [5.74, 6) is 2.04. The SMILES string of the molecule is COc1ccc(OC)c(C(CNCC(=O)c2cccc(S(=O)(=O)N3CC(C)CC(C)C3)c2)N2CCCCC2)c1. The van der Waals surface area contributed by atoms with Gasteiger partial charge in [0.25, 0.3) is 0 Å². The number of Topliss-reactive ketones (excluding diaryl/α,β-unsaturated/α-hetero) is 1. The molecule has 8 nitrogen and oxygen atoms in total. The van der Waals surface area contributed by atoms with E-state index in [-0.39, 0.29) is 23.3 Å². The summed E-state index contributed by atoms with van der Waals surface area (Å²) < 4.78 is 39.5. The first kappa shape index (κ1) is 29.5. The number of hydrogen-bond acceptors (Lipinski definition) is 7. The quantitative estimate of drug-likeness (QED) is 0.411. The summed E-state index contributed by atoms with van der Waals surface area (Å²) in [6.45, 7) is 7.82. The van der Waals surface area contributed by atoms with Gasteiger partial charge in [0.05, 0.1) is 31.7 Å². The number of benzene rings is 2. The zero-order valence-corrected chi connectivity index (χ0v) is 24.5. The van der Waals surface area contributed by atoms with Crippen LogP contribution in [0.1, 0.15) is 61.5 Å². The van der Waals surface area contributed by atoms with Crippen molar-refractivity contribution in [3.05, 3.63) is 53.6 Å². The van der Waals surface area contributed by atoms with Crippen LogP contribution in [0.2, 0.25) is 0 Å². The Labute approximate surface area is 233 Å². The summed E-state index contributed by atoms with van der Waals surface area (Å²) in [7, 11) is -0.334. The number of carbonyl (C=O) groups is 1. The molecule has 1 N–H and O–H groups in total. The molecule has 0 spiro atoms. The average Bonchev–Trinajstić information content (AvgIpc) is 2.95. The Morgan fingerprint density at radius 3 is 2.38 bits per heavy atom. The Morgan fingerprint density at radius 2 is 1.72 bits per heavy atom. The molecule has 2 aliphatic rings. The van der Waals surface area contributed by atoms with Gasteiger partial charge in [-0.15, -0.1) is 0 Å². The topological polar surface area (TPSA) is 88.2 Å². The first-order valence-corrected chi connectivity index (χ1v) is 15.5. The van der Waals surface area contributed by atoms with Crippen LogP contribution in [0.3, 0.4) is 0 Å². The maximum atomic E-state index is 13.4. The molecule has 0 aliphatic carbocycles. The molecule has 214 valence electrons. The van der Waals surface area contributed by atoms with Crippen molar-refractivity contribution in [1.82, 2.24) is 14.5 Å².